The maximum atomic E-state index is 8.40. The van der Waals surface area contributed by atoms with Gasteiger partial charge in [-0.2, -0.15) is 5.26 Å². The predicted octanol–water partition coefficient (Wildman–Crippen LogP) is 2.18. The lowest BCUT2D eigenvalue weighted by atomic mass is 10.1. The Balaban J connectivity index is 1.90. The van der Waals surface area contributed by atoms with Gasteiger partial charge < -0.3 is 5.32 Å². The van der Waals surface area contributed by atoms with Gasteiger partial charge in [-0.25, -0.2) is 0 Å². The molecule has 1 aromatic rings. The molecule has 0 unspecified atom stereocenters. The molecule has 2 nitrogen and oxygen atoms in total. The molecule has 0 saturated heterocycles. The van der Waals surface area contributed by atoms with E-state index in [0.717, 1.165) is 13.1 Å². The van der Waals surface area contributed by atoms with Crippen LogP contribution in [0.15, 0.2) is 18.2 Å². The van der Waals surface area contributed by atoms with Crippen LogP contribution in [0.4, 0.5) is 0 Å². The fourth-order valence-electron chi connectivity index (χ4n) is 2.11. The summed E-state index contributed by atoms with van der Waals surface area (Å²) in [6.07, 6.45) is 4.38. The van der Waals surface area contributed by atoms with Gasteiger partial charge in [0.1, 0.15) is 0 Å². The molecule has 1 aliphatic carbocycles. The third kappa shape index (κ3) is 2.57. The number of nitriles is 1. The Labute approximate surface area is 90.9 Å². The van der Waals surface area contributed by atoms with Crippen molar-refractivity contribution in [2.24, 2.45) is 0 Å². The molecule has 0 bridgehead atoms. The largest absolute Gasteiger partial charge is 0.312 e. The topological polar surface area (TPSA) is 35.8 Å². The molecule has 0 amide bonds. The molecule has 2 heteroatoms. The average Bonchev–Trinajstić information content (AvgIpc) is 2.71. The Bertz CT molecular complexity index is 377. The second-order valence-electron chi connectivity index (χ2n) is 4.04. The Morgan fingerprint density at radius 3 is 3.00 bits per heavy atom. The molecular weight excluding hydrogens is 184 g/mol. The van der Waals surface area contributed by atoms with Crippen LogP contribution in [-0.4, -0.2) is 6.54 Å². The molecule has 0 aromatic heterocycles. The third-order valence-corrected chi connectivity index (χ3v) is 2.91. The molecule has 0 heterocycles. The van der Waals surface area contributed by atoms with Gasteiger partial charge in [0.15, 0.2) is 0 Å². The molecule has 1 aromatic carbocycles. The highest BCUT2D eigenvalue weighted by atomic mass is 14.8. The predicted molar refractivity (Wildman–Crippen MR) is 60.4 cm³/mol. The second kappa shape index (κ2) is 4.95. The summed E-state index contributed by atoms with van der Waals surface area (Å²) in [5.41, 5.74) is 4.39. The van der Waals surface area contributed by atoms with Crippen molar-refractivity contribution in [3.8, 4) is 6.07 Å². The van der Waals surface area contributed by atoms with Crippen LogP contribution in [0.3, 0.4) is 0 Å². The molecule has 0 atom stereocenters. The maximum Gasteiger partial charge on any atom is 0.0635 e. The van der Waals surface area contributed by atoms with Crippen molar-refractivity contribution in [3.05, 3.63) is 34.9 Å². The van der Waals surface area contributed by atoms with Crippen molar-refractivity contribution in [3.63, 3.8) is 0 Å². The van der Waals surface area contributed by atoms with Gasteiger partial charge in [-0.3, -0.25) is 0 Å². The zero-order valence-corrected chi connectivity index (χ0v) is 8.92. The molecule has 0 spiro atoms. The van der Waals surface area contributed by atoms with Gasteiger partial charge in [0, 0.05) is 19.5 Å². The summed E-state index contributed by atoms with van der Waals surface area (Å²) in [6.45, 7) is 1.67. The zero-order chi connectivity index (χ0) is 10.5. The summed E-state index contributed by atoms with van der Waals surface area (Å²) >= 11 is 0. The summed E-state index contributed by atoms with van der Waals surface area (Å²) in [5, 5.41) is 11.7. The highest BCUT2D eigenvalue weighted by molar-refractivity contribution is 5.35. The summed E-state index contributed by atoms with van der Waals surface area (Å²) in [4.78, 5) is 0. The van der Waals surface area contributed by atoms with E-state index in [1.54, 1.807) is 0 Å². The molecule has 0 fully saturated rings. The van der Waals surface area contributed by atoms with E-state index in [4.69, 9.17) is 5.26 Å². The first kappa shape index (κ1) is 10.2. The number of hydrogen-bond donors (Lipinski definition) is 1. The van der Waals surface area contributed by atoms with Gasteiger partial charge in [0.25, 0.3) is 0 Å². The number of aryl methyl sites for hydroxylation is 2. The minimum atomic E-state index is 0.588. The molecule has 0 aliphatic heterocycles. The minimum Gasteiger partial charge on any atom is -0.312 e. The van der Waals surface area contributed by atoms with E-state index in [2.05, 4.69) is 29.6 Å². The molecule has 78 valence electrons. The van der Waals surface area contributed by atoms with E-state index in [9.17, 15) is 0 Å². The van der Waals surface area contributed by atoms with Crippen molar-refractivity contribution in [1.82, 2.24) is 5.32 Å². The van der Waals surface area contributed by atoms with Crippen LogP contribution < -0.4 is 5.32 Å². The lowest BCUT2D eigenvalue weighted by Crippen LogP contribution is -2.14. The molecule has 0 saturated carbocycles. The fraction of sp³-hybridized carbons (Fsp3) is 0.462. The molecule has 15 heavy (non-hydrogen) atoms. The van der Waals surface area contributed by atoms with E-state index in [-0.39, 0.29) is 0 Å². The second-order valence-corrected chi connectivity index (χ2v) is 4.04. The van der Waals surface area contributed by atoms with Crippen LogP contribution >= 0.6 is 0 Å². The van der Waals surface area contributed by atoms with Crippen LogP contribution in [0.25, 0.3) is 0 Å². The summed E-state index contributed by atoms with van der Waals surface area (Å²) in [7, 11) is 0. The van der Waals surface area contributed by atoms with Crippen LogP contribution in [0.2, 0.25) is 0 Å². The van der Waals surface area contributed by atoms with Crippen molar-refractivity contribution in [1.29, 1.82) is 5.26 Å². The quantitative estimate of drug-likeness (QED) is 0.756. The van der Waals surface area contributed by atoms with Crippen molar-refractivity contribution < 1.29 is 0 Å². The van der Waals surface area contributed by atoms with E-state index in [1.807, 2.05) is 0 Å². The lowest BCUT2D eigenvalue weighted by molar-refractivity contribution is 0.698. The molecule has 1 N–H and O–H groups in total. The van der Waals surface area contributed by atoms with Crippen LogP contribution in [0.1, 0.15) is 29.5 Å². The first-order chi connectivity index (χ1) is 7.40. The Kier molecular flexibility index (Phi) is 3.37. The van der Waals surface area contributed by atoms with Crippen molar-refractivity contribution in [2.75, 3.05) is 6.54 Å². The van der Waals surface area contributed by atoms with E-state index >= 15 is 0 Å². The Hall–Kier alpha value is -1.33. The average molecular weight is 200 g/mol. The number of nitrogens with zero attached hydrogens (tertiary/aromatic N) is 1. The fourth-order valence-corrected chi connectivity index (χ4v) is 2.11. The van der Waals surface area contributed by atoms with E-state index in [1.165, 1.54) is 36.0 Å². The number of hydrogen-bond acceptors (Lipinski definition) is 2. The van der Waals surface area contributed by atoms with Gasteiger partial charge in [-0.1, -0.05) is 18.2 Å². The van der Waals surface area contributed by atoms with Gasteiger partial charge in [-0.05, 0) is 36.0 Å². The van der Waals surface area contributed by atoms with E-state index < -0.39 is 0 Å². The molecular formula is C13H16N2. The number of rotatable bonds is 4. The van der Waals surface area contributed by atoms with Crippen LogP contribution in [-0.2, 0) is 19.4 Å². The van der Waals surface area contributed by atoms with Gasteiger partial charge in [0.2, 0.25) is 0 Å². The molecule has 2 rings (SSSR count). The first-order valence-electron chi connectivity index (χ1n) is 5.58. The summed E-state index contributed by atoms with van der Waals surface area (Å²) in [5.74, 6) is 0. The summed E-state index contributed by atoms with van der Waals surface area (Å²) < 4.78 is 0. The van der Waals surface area contributed by atoms with Crippen LogP contribution in [0, 0.1) is 11.3 Å². The van der Waals surface area contributed by atoms with E-state index in [0.29, 0.717) is 6.42 Å². The van der Waals surface area contributed by atoms with Gasteiger partial charge >= 0.3 is 0 Å². The monoisotopic (exact) mass is 200 g/mol. The maximum absolute atomic E-state index is 8.40. The Morgan fingerprint density at radius 1 is 1.27 bits per heavy atom. The van der Waals surface area contributed by atoms with Crippen molar-refractivity contribution >= 4 is 0 Å². The van der Waals surface area contributed by atoms with Crippen LogP contribution in [0.5, 0.6) is 0 Å². The zero-order valence-electron chi connectivity index (χ0n) is 8.92. The smallest absolute Gasteiger partial charge is 0.0635 e. The molecule has 1 aliphatic rings. The lowest BCUT2D eigenvalue weighted by Gasteiger charge is -2.05. The first-order valence-corrected chi connectivity index (χ1v) is 5.58. The standard InChI is InChI=1S/C13H16N2/c14-7-2-8-15-10-11-5-6-12-3-1-4-13(12)9-11/h5-6,9,15H,1-4,8,10H2. The molecule has 0 radical (unpaired) electrons. The van der Waals surface area contributed by atoms with Gasteiger partial charge in [-0.15, -0.1) is 0 Å². The third-order valence-electron chi connectivity index (χ3n) is 2.91. The minimum absolute atomic E-state index is 0.588. The Morgan fingerprint density at radius 2 is 2.13 bits per heavy atom. The SMILES string of the molecule is N#CCCNCc1ccc2c(c1)CCC2. The normalized spacial score (nSPS) is 13.5. The summed E-state index contributed by atoms with van der Waals surface area (Å²) in [6, 6.07) is 8.89. The number of nitrogens with one attached hydrogen (secondary N) is 1. The van der Waals surface area contributed by atoms with Crippen molar-refractivity contribution in [2.45, 2.75) is 32.2 Å². The number of benzene rings is 1. The number of fused-ring (bicyclic) bond motifs is 1. The van der Waals surface area contributed by atoms with Gasteiger partial charge in [0.05, 0.1) is 6.07 Å². The highest BCUT2D eigenvalue weighted by Gasteiger charge is 2.10. The highest BCUT2D eigenvalue weighted by Crippen LogP contribution is 2.22.